The third kappa shape index (κ3) is 3.90. The third-order valence-electron chi connectivity index (χ3n) is 7.55. The number of halogens is 3. The molecule has 2 saturated heterocycles. The predicted molar refractivity (Wildman–Crippen MR) is 139 cm³/mol. The van der Waals surface area contributed by atoms with E-state index in [9.17, 15) is 14.0 Å². The van der Waals surface area contributed by atoms with Crippen LogP contribution in [-0.2, 0) is 16.1 Å². The Morgan fingerprint density at radius 1 is 1.11 bits per heavy atom. The van der Waals surface area contributed by atoms with Crippen LogP contribution in [0, 0.1) is 29.8 Å². The van der Waals surface area contributed by atoms with Gasteiger partial charge in [0.15, 0.2) is 0 Å². The SMILES string of the molecule is C=CC(=O)N1CCN(c2nc(=O)n3c4c(c(-c5c(F)cc(F)cc5F)c(C)cc24)SCC2(COC2)C3)CC1. The zero-order chi connectivity index (χ0) is 26.8. The van der Waals surface area contributed by atoms with Crippen LogP contribution in [-0.4, -0.2) is 65.5 Å². The molecule has 0 N–H and O–H groups in total. The highest BCUT2D eigenvalue weighted by atomic mass is 32.2. The van der Waals surface area contributed by atoms with Crippen molar-refractivity contribution in [3.8, 4) is 11.1 Å². The lowest BCUT2D eigenvalue weighted by Crippen LogP contribution is -2.50. The van der Waals surface area contributed by atoms with E-state index in [0.29, 0.717) is 96.6 Å². The summed E-state index contributed by atoms with van der Waals surface area (Å²) in [6, 6.07) is 3.14. The molecule has 0 saturated carbocycles. The lowest BCUT2D eigenvalue weighted by molar-refractivity contribution is -0.126. The van der Waals surface area contributed by atoms with Crippen molar-refractivity contribution in [2.24, 2.45) is 5.41 Å². The predicted octanol–water partition coefficient (Wildman–Crippen LogP) is 3.75. The molecule has 0 bridgehead atoms. The van der Waals surface area contributed by atoms with Gasteiger partial charge in [-0.1, -0.05) is 6.58 Å². The Hall–Kier alpha value is -3.31. The standard InChI is InChI=1S/C27H25F3N4O3S/c1-3-20(35)32-4-6-33(7-5-32)25-17-8-15(2)21(22-18(29)9-16(28)10-19(22)30)24-23(17)34(26(36)31-25)11-27(14-38-24)12-37-13-27/h3,8-10H,1,4-7,11-14H2,2H3. The summed E-state index contributed by atoms with van der Waals surface area (Å²) in [6.45, 7) is 8.43. The van der Waals surface area contributed by atoms with Crippen molar-refractivity contribution < 1.29 is 22.7 Å². The lowest BCUT2D eigenvalue weighted by Gasteiger charge is -2.40. The molecule has 1 aromatic heterocycles. The number of rotatable bonds is 3. The Morgan fingerprint density at radius 3 is 2.39 bits per heavy atom. The van der Waals surface area contributed by atoms with Crippen LogP contribution in [0.4, 0.5) is 19.0 Å². The number of anilines is 1. The molecule has 2 aromatic carbocycles. The number of piperazine rings is 1. The second-order valence-corrected chi connectivity index (χ2v) is 11.1. The van der Waals surface area contributed by atoms with E-state index in [0.717, 1.165) is 0 Å². The minimum absolute atomic E-state index is 0.153. The fraction of sp³-hybridized carbons (Fsp3) is 0.370. The van der Waals surface area contributed by atoms with Gasteiger partial charge in [-0.25, -0.2) is 18.0 Å². The van der Waals surface area contributed by atoms with Gasteiger partial charge >= 0.3 is 5.69 Å². The Labute approximate surface area is 220 Å². The van der Waals surface area contributed by atoms with Crippen molar-refractivity contribution in [2.45, 2.75) is 18.4 Å². The van der Waals surface area contributed by atoms with Crippen molar-refractivity contribution in [3.63, 3.8) is 0 Å². The maximum Gasteiger partial charge on any atom is 0.350 e. The third-order valence-corrected chi connectivity index (χ3v) is 8.99. The van der Waals surface area contributed by atoms with E-state index >= 15 is 8.78 Å². The van der Waals surface area contributed by atoms with Crippen LogP contribution < -0.4 is 10.6 Å². The molecule has 11 heteroatoms. The van der Waals surface area contributed by atoms with Crippen LogP contribution in [0.3, 0.4) is 0 Å². The first kappa shape index (κ1) is 25.0. The van der Waals surface area contributed by atoms with Gasteiger partial charge in [0.2, 0.25) is 5.91 Å². The molecule has 1 amide bonds. The van der Waals surface area contributed by atoms with Gasteiger partial charge in [-0.3, -0.25) is 9.36 Å². The second-order valence-electron chi connectivity index (χ2n) is 10.1. The number of aromatic nitrogens is 2. The van der Waals surface area contributed by atoms with Gasteiger partial charge in [-0.05, 0) is 24.6 Å². The highest BCUT2D eigenvalue weighted by molar-refractivity contribution is 7.99. The molecule has 0 radical (unpaired) electrons. The fourth-order valence-electron chi connectivity index (χ4n) is 5.58. The number of carbonyl (C=O) groups is 1. The molecule has 3 aliphatic heterocycles. The molecule has 3 aromatic rings. The Morgan fingerprint density at radius 2 is 1.79 bits per heavy atom. The summed E-state index contributed by atoms with van der Waals surface area (Å²) in [5, 5.41) is 0.692. The van der Waals surface area contributed by atoms with Crippen LogP contribution in [0.15, 0.2) is 40.5 Å². The number of nitrogens with zero attached hydrogens (tertiary/aromatic N) is 4. The Kier molecular flexibility index (Phi) is 6.03. The number of carbonyl (C=O) groups excluding carboxylic acids is 1. The normalized spacial score (nSPS) is 18.4. The van der Waals surface area contributed by atoms with Crippen LogP contribution in [0.1, 0.15) is 5.56 Å². The van der Waals surface area contributed by atoms with E-state index in [1.807, 2.05) is 4.90 Å². The molecule has 0 unspecified atom stereocenters. The lowest BCUT2D eigenvalue weighted by atomic mass is 9.88. The average Bonchev–Trinajstić information content (AvgIpc) is 3.05. The van der Waals surface area contributed by atoms with Crippen molar-refractivity contribution in [3.05, 3.63) is 64.4 Å². The van der Waals surface area contributed by atoms with E-state index < -0.39 is 23.1 Å². The first-order valence-corrected chi connectivity index (χ1v) is 13.3. The summed E-state index contributed by atoms with van der Waals surface area (Å²) in [7, 11) is 0. The second kappa shape index (κ2) is 9.16. The molecule has 1 spiro atoms. The molecule has 0 aliphatic carbocycles. The minimum atomic E-state index is -1.00. The number of ether oxygens (including phenoxy) is 1. The van der Waals surface area contributed by atoms with E-state index in [-0.39, 0.29) is 16.9 Å². The maximum atomic E-state index is 15.1. The zero-order valence-corrected chi connectivity index (χ0v) is 21.5. The highest BCUT2D eigenvalue weighted by Gasteiger charge is 2.43. The molecular formula is C27H25F3N4O3S. The molecule has 3 aliphatic rings. The van der Waals surface area contributed by atoms with E-state index in [1.54, 1.807) is 22.5 Å². The van der Waals surface area contributed by atoms with Crippen LogP contribution in [0.5, 0.6) is 0 Å². The first-order chi connectivity index (χ1) is 18.2. The summed E-state index contributed by atoms with van der Waals surface area (Å²) < 4.78 is 51.0. The maximum absolute atomic E-state index is 15.1. The van der Waals surface area contributed by atoms with Gasteiger partial charge in [-0.15, -0.1) is 11.8 Å². The van der Waals surface area contributed by atoms with Gasteiger partial charge < -0.3 is 14.5 Å². The number of hydrogen-bond donors (Lipinski definition) is 0. The van der Waals surface area contributed by atoms with Crippen LogP contribution in [0.25, 0.3) is 22.0 Å². The summed E-state index contributed by atoms with van der Waals surface area (Å²) in [5.41, 5.74) is 0.373. The summed E-state index contributed by atoms with van der Waals surface area (Å²) in [4.78, 5) is 34.3. The minimum Gasteiger partial charge on any atom is -0.380 e. The van der Waals surface area contributed by atoms with Crippen LogP contribution in [0.2, 0.25) is 0 Å². The summed E-state index contributed by atoms with van der Waals surface area (Å²) >= 11 is 1.44. The zero-order valence-electron chi connectivity index (χ0n) is 20.7. The molecule has 0 atom stereocenters. The van der Waals surface area contributed by atoms with Crippen LogP contribution >= 0.6 is 11.8 Å². The first-order valence-electron chi connectivity index (χ1n) is 12.3. The topological polar surface area (TPSA) is 67.7 Å². The van der Waals surface area contributed by atoms with Crippen molar-refractivity contribution in [1.82, 2.24) is 14.5 Å². The average molecular weight is 543 g/mol. The van der Waals surface area contributed by atoms with Gasteiger partial charge in [0, 0.05) is 71.9 Å². The van der Waals surface area contributed by atoms with Gasteiger partial charge in [0.25, 0.3) is 0 Å². The molecule has 38 heavy (non-hydrogen) atoms. The fourth-order valence-corrected chi connectivity index (χ4v) is 7.05. The van der Waals surface area contributed by atoms with E-state index in [1.165, 1.54) is 17.8 Å². The smallest absolute Gasteiger partial charge is 0.350 e. The molecule has 2 fully saturated rings. The number of aryl methyl sites for hydroxylation is 1. The molecular weight excluding hydrogens is 517 g/mol. The Bertz CT molecular complexity index is 1540. The summed E-state index contributed by atoms with van der Waals surface area (Å²) in [6.07, 6.45) is 1.28. The monoisotopic (exact) mass is 542 g/mol. The highest BCUT2D eigenvalue weighted by Crippen LogP contribution is 2.48. The van der Waals surface area contributed by atoms with Gasteiger partial charge in [0.05, 0.1) is 24.3 Å². The van der Waals surface area contributed by atoms with Gasteiger partial charge in [-0.2, -0.15) is 4.98 Å². The molecule has 6 rings (SSSR count). The van der Waals surface area contributed by atoms with Crippen molar-refractivity contribution in [1.29, 1.82) is 0 Å². The van der Waals surface area contributed by atoms with Crippen molar-refractivity contribution in [2.75, 3.05) is 50.0 Å². The van der Waals surface area contributed by atoms with E-state index in [2.05, 4.69) is 11.6 Å². The molecule has 4 heterocycles. The summed E-state index contributed by atoms with van der Waals surface area (Å²) in [5.74, 6) is -2.09. The Balaban J connectivity index is 1.58. The van der Waals surface area contributed by atoms with Crippen molar-refractivity contribution >= 4 is 34.4 Å². The molecule has 7 nitrogen and oxygen atoms in total. The molecule has 198 valence electrons. The number of hydrogen-bond acceptors (Lipinski definition) is 6. The largest absolute Gasteiger partial charge is 0.380 e. The number of benzene rings is 2. The van der Waals surface area contributed by atoms with E-state index in [4.69, 9.17) is 4.74 Å². The number of thioether (sulfide) groups is 1. The van der Waals surface area contributed by atoms with Gasteiger partial charge in [0.1, 0.15) is 23.3 Å². The quantitative estimate of drug-likeness (QED) is 0.470. The number of amides is 1.